The van der Waals surface area contributed by atoms with Crippen molar-refractivity contribution in [1.29, 1.82) is 0 Å². The molecule has 138 valence electrons. The molecule has 2 heterocycles. The fourth-order valence-electron chi connectivity index (χ4n) is 3.90. The van der Waals surface area contributed by atoms with E-state index in [1.54, 1.807) is 6.20 Å². The van der Waals surface area contributed by atoms with Gasteiger partial charge in [0.15, 0.2) is 0 Å². The van der Waals surface area contributed by atoms with Gasteiger partial charge in [-0.05, 0) is 25.5 Å². The lowest BCUT2D eigenvalue weighted by molar-refractivity contribution is -0.0605. The molecule has 2 atom stereocenters. The Balaban J connectivity index is 1.46. The number of carbonyl (C=O) groups is 1. The number of benzene rings is 1. The minimum Gasteiger partial charge on any atom is -0.373 e. The van der Waals surface area contributed by atoms with Gasteiger partial charge in [0.1, 0.15) is 0 Å². The average Bonchev–Trinajstić information content (AvgIpc) is 3.42. The van der Waals surface area contributed by atoms with Crippen molar-refractivity contribution in [1.82, 2.24) is 20.0 Å². The van der Waals surface area contributed by atoms with Gasteiger partial charge in [0.05, 0.1) is 36.2 Å². The van der Waals surface area contributed by atoms with Crippen LogP contribution in [0.25, 0.3) is 0 Å². The monoisotopic (exact) mass is 354 g/mol. The Morgan fingerprint density at radius 2 is 2.04 bits per heavy atom. The van der Waals surface area contributed by atoms with Crippen LogP contribution >= 0.6 is 0 Å². The topological polar surface area (TPSA) is 59.4 Å². The van der Waals surface area contributed by atoms with E-state index < -0.39 is 0 Å². The molecule has 1 aromatic heterocycles. The number of morpholine rings is 1. The lowest BCUT2D eigenvalue weighted by atomic mass is 9.98. The normalized spacial score (nSPS) is 23.8. The second kappa shape index (κ2) is 7.21. The van der Waals surface area contributed by atoms with E-state index in [0.29, 0.717) is 24.6 Å². The highest BCUT2D eigenvalue weighted by Gasteiger charge is 2.34. The SMILES string of the molecule is CN1CCO[C@@H](CNC(=O)c2cnn(C)c2C2CC2)[C@@H]1c1ccccc1. The maximum atomic E-state index is 12.7. The molecular formula is C20H26N4O2. The maximum absolute atomic E-state index is 12.7. The molecule has 2 aliphatic rings. The summed E-state index contributed by atoms with van der Waals surface area (Å²) in [5.74, 6) is 0.431. The second-order valence-corrected chi connectivity index (χ2v) is 7.30. The molecule has 6 nitrogen and oxygen atoms in total. The number of aromatic nitrogens is 2. The van der Waals surface area contributed by atoms with E-state index in [0.717, 1.165) is 25.1 Å². The molecule has 1 aliphatic carbocycles. The zero-order valence-electron chi connectivity index (χ0n) is 15.4. The summed E-state index contributed by atoms with van der Waals surface area (Å²) in [4.78, 5) is 15.0. The first-order chi connectivity index (χ1) is 12.6. The number of hydrogen-bond donors (Lipinski definition) is 1. The standard InChI is InChI=1S/C20H26N4O2/c1-23-10-11-26-17(19(23)14-6-4-3-5-7-14)13-21-20(25)16-12-22-24(2)18(16)15-8-9-15/h3-7,12,15,17,19H,8-11,13H2,1-2H3,(H,21,25)/t17-,19-/m0/s1. The van der Waals surface area contributed by atoms with Crippen LogP contribution < -0.4 is 5.32 Å². The quantitative estimate of drug-likeness (QED) is 0.893. The Bertz CT molecular complexity index is 769. The van der Waals surface area contributed by atoms with Gasteiger partial charge in [-0.15, -0.1) is 0 Å². The number of likely N-dealkylation sites (N-methyl/N-ethyl adjacent to an activating group) is 1. The van der Waals surface area contributed by atoms with Gasteiger partial charge in [-0.2, -0.15) is 5.10 Å². The predicted molar refractivity (Wildman–Crippen MR) is 99.1 cm³/mol. The largest absolute Gasteiger partial charge is 0.373 e. The van der Waals surface area contributed by atoms with Crippen molar-refractivity contribution in [2.45, 2.75) is 30.9 Å². The molecule has 4 rings (SSSR count). The van der Waals surface area contributed by atoms with E-state index in [1.807, 2.05) is 29.9 Å². The van der Waals surface area contributed by atoms with E-state index in [9.17, 15) is 4.79 Å². The predicted octanol–water partition coefficient (Wildman–Crippen LogP) is 2.10. The first-order valence-electron chi connectivity index (χ1n) is 9.32. The molecular weight excluding hydrogens is 328 g/mol. The number of carbonyl (C=O) groups excluding carboxylic acids is 1. The summed E-state index contributed by atoms with van der Waals surface area (Å²) < 4.78 is 7.86. The van der Waals surface area contributed by atoms with Crippen LogP contribution in [0.5, 0.6) is 0 Å². The summed E-state index contributed by atoms with van der Waals surface area (Å²) in [5, 5.41) is 7.37. The molecule has 1 N–H and O–H groups in total. The highest BCUT2D eigenvalue weighted by Crippen LogP contribution is 2.41. The van der Waals surface area contributed by atoms with E-state index in [4.69, 9.17) is 4.74 Å². The van der Waals surface area contributed by atoms with Crippen molar-refractivity contribution in [2.75, 3.05) is 26.7 Å². The lowest BCUT2D eigenvalue weighted by Crippen LogP contribution is -2.48. The second-order valence-electron chi connectivity index (χ2n) is 7.30. The zero-order valence-corrected chi connectivity index (χ0v) is 15.4. The van der Waals surface area contributed by atoms with Gasteiger partial charge < -0.3 is 10.1 Å². The molecule has 0 unspecified atom stereocenters. The Morgan fingerprint density at radius 3 is 2.77 bits per heavy atom. The van der Waals surface area contributed by atoms with Crippen molar-refractivity contribution in [3.8, 4) is 0 Å². The summed E-state index contributed by atoms with van der Waals surface area (Å²) in [7, 11) is 4.02. The van der Waals surface area contributed by atoms with Crippen LogP contribution in [0.15, 0.2) is 36.5 Å². The summed E-state index contributed by atoms with van der Waals surface area (Å²) in [6.07, 6.45) is 3.91. The van der Waals surface area contributed by atoms with Crippen LogP contribution in [0.1, 0.15) is 46.4 Å². The van der Waals surface area contributed by atoms with E-state index in [-0.39, 0.29) is 18.1 Å². The third-order valence-corrected chi connectivity index (χ3v) is 5.40. The van der Waals surface area contributed by atoms with Gasteiger partial charge in [0.2, 0.25) is 0 Å². The van der Waals surface area contributed by atoms with Gasteiger partial charge in [-0.1, -0.05) is 30.3 Å². The highest BCUT2D eigenvalue weighted by atomic mass is 16.5. The molecule has 1 saturated heterocycles. The van der Waals surface area contributed by atoms with Crippen molar-refractivity contribution in [3.05, 3.63) is 53.3 Å². The maximum Gasteiger partial charge on any atom is 0.254 e. The van der Waals surface area contributed by atoms with Gasteiger partial charge in [-0.3, -0.25) is 14.4 Å². The van der Waals surface area contributed by atoms with Crippen molar-refractivity contribution < 1.29 is 9.53 Å². The molecule has 1 amide bonds. The molecule has 0 spiro atoms. The van der Waals surface area contributed by atoms with Crippen LogP contribution in [0.3, 0.4) is 0 Å². The lowest BCUT2D eigenvalue weighted by Gasteiger charge is -2.39. The number of nitrogens with one attached hydrogen (secondary N) is 1. The number of ether oxygens (including phenoxy) is 1. The molecule has 6 heteroatoms. The summed E-state index contributed by atoms with van der Waals surface area (Å²) >= 11 is 0. The highest BCUT2D eigenvalue weighted by molar-refractivity contribution is 5.95. The van der Waals surface area contributed by atoms with Gasteiger partial charge in [0, 0.05) is 26.1 Å². The smallest absolute Gasteiger partial charge is 0.254 e. The molecule has 1 saturated carbocycles. The number of hydrogen-bond acceptors (Lipinski definition) is 4. The molecule has 0 bridgehead atoms. The van der Waals surface area contributed by atoms with Crippen LogP contribution in [-0.2, 0) is 11.8 Å². The van der Waals surface area contributed by atoms with Gasteiger partial charge in [-0.25, -0.2) is 0 Å². The Labute approximate surface area is 154 Å². The van der Waals surface area contributed by atoms with Gasteiger partial charge >= 0.3 is 0 Å². The minimum absolute atomic E-state index is 0.0522. The average molecular weight is 354 g/mol. The van der Waals surface area contributed by atoms with Crippen molar-refractivity contribution in [2.24, 2.45) is 7.05 Å². The van der Waals surface area contributed by atoms with E-state index in [1.165, 1.54) is 5.56 Å². The first kappa shape index (κ1) is 17.2. The Hall–Kier alpha value is -2.18. The minimum atomic E-state index is -0.0684. The molecule has 2 aromatic rings. The number of rotatable bonds is 5. The summed E-state index contributed by atoms with van der Waals surface area (Å²) in [6, 6.07) is 10.5. The molecule has 1 aliphatic heterocycles. The van der Waals surface area contributed by atoms with Crippen LogP contribution in [0.4, 0.5) is 0 Å². The van der Waals surface area contributed by atoms with E-state index in [2.05, 4.69) is 34.5 Å². The van der Waals surface area contributed by atoms with Gasteiger partial charge in [0.25, 0.3) is 5.91 Å². The Kier molecular flexibility index (Phi) is 4.78. The number of amides is 1. The molecule has 26 heavy (non-hydrogen) atoms. The summed E-state index contributed by atoms with van der Waals surface area (Å²) in [5.41, 5.74) is 2.98. The fraction of sp³-hybridized carbons (Fsp3) is 0.500. The third kappa shape index (κ3) is 3.39. The molecule has 2 fully saturated rings. The first-order valence-corrected chi connectivity index (χ1v) is 9.32. The number of aryl methyl sites for hydroxylation is 1. The fourth-order valence-corrected chi connectivity index (χ4v) is 3.90. The molecule has 0 radical (unpaired) electrons. The van der Waals surface area contributed by atoms with E-state index >= 15 is 0 Å². The van der Waals surface area contributed by atoms with Crippen molar-refractivity contribution in [3.63, 3.8) is 0 Å². The zero-order chi connectivity index (χ0) is 18.1. The van der Waals surface area contributed by atoms with Crippen LogP contribution in [0.2, 0.25) is 0 Å². The van der Waals surface area contributed by atoms with Crippen LogP contribution in [-0.4, -0.2) is 53.4 Å². The third-order valence-electron chi connectivity index (χ3n) is 5.40. The van der Waals surface area contributed by atoms with Crippen molar-refractivity contribution >= 4 is 5.91 Å². The Morgan fingerprint density at radius 1 is 1.27 bits per heavy atom. The number of nitrogens with zero attached hydrogens (tertiary/aromatic N) is 3. The summed E-state index contributed by atoms with van der Waals surface area (Å²) in [6.45, 7) is 2.06. The van der Waals surface area contributed by atoms with Crippen LogP contribution in [0, 0.1) is 0 Å². The molecule has 1 aromatic carbocycles.